The molecule has 33 heavy (non-hydrogen) atoms. The summed E-state index contributed by atoms with van der Waals surface area (Å²) in [4.78, 5) is 14.7. The highest BCUT2D eigenvalue weighted by Crippen LogP contribution is 2.28. The zero-order valence-corrected chi connectivity index (χ0v) is 19.6. The van der Waals surface area contributed by atoms with Crippen LogP contribution in [0.15, 0.2) is 59.8 Å². The molecule has 1 unspecified atom stereocenters. The van der Waals surface area contributed by atoms with Crippen molar-refractivity contribution in [3.8, 4) is 17.5 Å². The molecule has 1 fully saturated rings. The Labute approximate surface area is 202 Å². The summed E-state index contributed by atoms with van der Waals surface area (Å²) >= 11 is 7.40. The van der Waals surface area contributed by atoms with E-state index in [0.29, 0.717) is 23.3 Å². The van der Waals surface area contributed by atoms with Crippen LogP contribution in [0.4, 0.5) is 5.69 Å². The van der Waals surface area contributed by atoms with E-state index in [1.54, 1.807) is 4.90 Å². The van der Waals surface area contributed by atoms with Crippen molar-refractivity contribution in [2.24, 2.45) is 0 Å². The van der Waals surface area contributed by atoms with Gasteiger partial charge in [0.2, 0.25) is 5.91 Å². The van der Waals surface area contributed by atoms with Crippen molar-refractivity contribution in [1.29, 1.82) is 5.26 Å². The van der Waals surface area contributed by atoms with Crippen LogP contribution in [0.2, 0.25) is 5.02 Å². The van der Waals surface area contributed by atoms with Gasteiger partial charge in [-0.05, 0) is 49.2 Å². The normalized spacial score (nSPS) is 15.3. The van der Waals surface area contributed by atoms with Crippen LogP contribution in [-0.2, 0) is 16.1 Å². The smallest absolute Gasteiger partial charge is 0.237 e. The SMILES string of the molecule is N#CCCN(C(=O)CSc1nnc(-c2ccc(Cl)cc2)n1CC1CCCO1)c1ccccc1. The van der Waals surface area contributed by atoms with Crippen molar-refractivity contribution in [3.63, 3.8) is 0 Å². The van der Waals surface area contributed by atoms with Gasteiger partial charge in [-0.15, -0.1) is 10.2 Å². The van der Waals surface area contributed by atoms with Gasteiger partial charge < -0.3 is 9.64 Å². The van der Waals surface area contributed by atoms with E-state index in [1.807, 2.05) is 59.2 Å². The fourth-order valence-electron chi connectivity index (χ4n) is 3.74. The standard InChI is InChI=1S/C24H24ClN5O2S/c25-19-11-9-18(10-12-19)23-27-28-24(30(23)16-21-8-4-15-32-21)33-17-22(31)29(14-5-13-26)20-6-2-1-3-7-20/h1-3,6-7,9-12,21H,4-5,8,14-17H2. The molecule has 1 aliphatic rings. The topological polar surface area (TPSA) is 84.0 Å². The molecule has 0 N–H and O–H groups in total. The van der Waals surface area contributed by atoms with Crippen LogP contribution >= 0.6 is 23.4 Å². The molecule has 1 aliphatic heterocycles. The van der Waals surface area contributed by atoms with Gasteiger partial charge in [-0.3, -0.25) is 9.36 Å². The van der Waals surface area contributed by atoms with Gasteiger partial charge in [0.05, 0.1) is 30.9 Å². The summed E-state index contributed by atoms with van der Waals surface area (Å²) in [5.41, 5.74) is 1.68. The number of anilines is 1. The number of hydrogen-bond donors (Lipinski definition) is 0. The third-order valence-electron chi connectivity index (χ3n) is 5.37. The summed E-state index contributed by atoms with van der Waals surface area (Å²) in [5.74, 6) is 0.826. The van der Waals surface area contributed by atoms with Crippen LogP contribution < -0.4 is 4.90 Å². The average molecular weight is 482 g/mol. The molecule has 0 saturated carbocycles. The Kier molecular flexibility index (Phi) is 8.00. The maximum Gasteiger partial charge on any atom is 0.237 e. The molecule has 0 spiro atoms. The number of nitriles is 1. The number of carbonyl (C=O) groups excluding carboxylic acids is 1. The maximum atomic E-state index is 13.1. The third-order valence-corrected chi connectivity index (χ3v) is 6.57. The van der Waals surface area contributed by atoms with Crippen molar-refractivity contribution in [1.82, 2.24) is 14.8 Å². The van der Waals surface area contributed by atoms with Gasteiger partial charge in [0.1, 0.15) is 0 Å². The molecule has 1 amide bonds. The van der Waals surface area contributed by atoms with E-state index in [-0.39, 0.29) is 24.2 Å². The molecule has 9 heteroatoms. The van der Waals surface area contributed by atoms with Crippen molar-refractivity contribution in [2.45, 2.75) is 37.1 Å². The molecule has 0 bridgehead atoms. The van der Waals surface area contributed by atoms with Gasteiger partial charge in [0.25, 0.3) is 0 Å². The lowest BCUT2D eigenvalue weighted by Gasteiger charge is -2.21. The third kappa shape index (κ3) is 5.93. The Morgan fingerprint density at radius 2 is 2.00 bits per heavy atom. The molecule has 170 valence electrons. The second-order valence-electron chi connectivity index (χ2n) is 7.64. The van der Waals surface area contributed by atoms with Crippen LogP contribution in [0.25, 0.3) is 11.4 Å². The first-order valence-corrected chi connectivity index (χ1v) is 12.2. The molecule has 1 saturated heterocycles. The van der Waals surface area contributed by atoms with Crippen molar-refractivity contribution in [2.75, 3.05) is 23.8 Å². The fraction of sp³-hybridized carbons (Fsp3) is 0.333. The summed E-state index contributed by atoms with van der Waals surface area (Å²) in [5, 5.41) is 19.1. The first-order valence-electron chi connectivity index (χ1n) is 10.8. The summed E-state index contributed by atoms with van der Waals surface area (Å²) in [6.07, 6.45) is 2.38. The van der Waals surface area contributed by atoms with E-state index in [9.17, 15) is 4.79 Å². The first-order chi connectivity index (χ1) is 16.2. The van der Waals surface area contributed by atoms with Crippen molar-refractivity contribution < 1.29 is 9.53 Å². The largest absolute Gasteiger partial charge is 0.376 e. The highest BCUT2D eigenvalue weighted by atomic mass is 35.5. The minimum absolute atomic E-state index is 0.0823. The fourth-order valence-corrected chi connectivity index (χ4v) is 4.69. The number of nitrogens with zero attached hydrogens (tertiary/aromatic N) is 5. The number of rotatable bonds is 9. The first kappa shape index (κ1) is 23.3. The second-order valence-corrected chi connectivity index (χ2v) is 9.02. The lowest BCUT2D eigenvalue weighted by molar-refractivity contribution is -0.116. The van der Waals surface area contributed by atoms with Gasteiger partial charge in [0, 0.05) is 29.4 Å². The minimum atomic E-state index is -0.0823. The number of ether oxygens (including phenoxy) is 1. The predicted molar refractivity (Wildman–Crippen MR) is 129 cm³/mol. The molecular formula is C24H24ClN5O2S. The Hall–Kier alpha value is -2.86. The summed E-state index contributed by atoms with van der Waals surface area (Å²) in [7, 11) is 0. The lowest BCUT2D eigenvalue weighted by atomic mass is 10.2. The zero-order valence-electron chi connectivity index (χ0n) is 18.1. The van der Waals surface area contributed by atoms with Crippen LogP contribution in [-0.4, -0.2) is 45.7 Å². The molecular weight excluding hydrogens is 458 g/mol. The molecule has 2 aromatic carbocycles. The second kappa shape index (κ2) is 11.3. The monoisotopic (exact) mass is 481 g/mol. The zero-order chi connectivity index (χ0) is 23.0. The van der Waals surface area contributed by atoms with Crippen molar-refractivity contribution >= 4 is 35.0 Å². The highest BCUT2D eigenvalue weighted by molar-refractivity contribution is 7.99. The van der Waals surface area contributed by atoms with Crippen LogP contribution in [0.5, 0.6) is 0 Å². The lowest BCUT2D eigenvalue weighted by Crippen LogP contribution is -2.33. The highest BCUT2D eigenvalue weighted by Gasteiger charge is 2.23. The number of thioether (sulfide) groups is 1. The Morgan fingerprint density at radius 1 is 1.21 bits per heavy atom. The van der Waals surface area contributed by atoms with Crippen molar-refractivity contribution in [3.05, 3.63) is 59.6 Å². The van der Waals surface area contributed by atoms with Gasteiger partial charge in [0.15, 0.2) is 11.0 Å². The molecule has 7 nitrogen and oxygen atoms in total. The molecule has 2 heterocycles. The number of carbonyl (C=O) groups is 1. The van der Waals surface area contributed by atoms with E-state index in [1.165, 1.54) is 11.8 Å². The molecule has 3 aromatic rings. The van der Waals surface area contributed by atoms with Gasteiger partial charge in [-0.25, -0.2) is 0 Å². The van der Waals surface area contributed by atoms with Crippen LogP contribution in [0.3, 0.4) is 0 Å². The van der Waals surface area contributed by atoms with E-state index in [4.69, 9.17) is 21.6 Å². The van der Waals surface area contributed by atoms with Gasteiger partial charge in [-0.1, -0.05) is 41.6 Å². The minimum Gasteiger partial charge on any atom is -0.376 e. The van der Waals surface area contributed by atoms with Crippen LogP contribution in [0.1, 0.15) is 19.3 Å². The predicted octanol–water partition coefficient (Wildman–Crippen LogP) is 4.82. The molecule has 1 atom stereocenters. The van der Waals surface area contributed by atoms with E-state index in [0.717, 1.165) is 36.5 Å². The molecule has 1 aromatic heterocycles. The molecule has 0 aliphatic carbocycles. The average Bonchev–Trinajstić information content (AvgIpc) is 3.50. The van der Waals surface area contributed by atoms with E-state index in [2.05, 4.69) is 16.3 Å². The van der Waals surface area contributed by atoms with E-state index < -0.39 is 0 Å². The molecule has 4 rings (SSSR count). The Balaban J connectivity index is 1.54. The number of aromatic nitrogens is 3. The number of halogens is 1. The van der Waals surface area contributed by atoms with Gasteiger partial charge >= 0.3 is 0 Å². The number of para-hydroxylation sites is 1. The maximum absolute atomic E-state index is 13.1. The molecule has 0 radical (unpaired) electrons. The quantitative estimate of drug-likeness (QED) is 0.407. The Morgan fingerprint density at radius 3 is 2.70 bits per heavy atom. The summed E-state index contributed by atoms with van der Waals surface area (Å²) < 4.78 is 7.87. The number of benzene rings is 2. The number of hydrogen-bond acceptors (Lipinski definition) is 6. The van der Waals surface area contributed by atoms with Gasteiger partial charge in [-0.2, -0.15) is 5.26 Å². The summed E-state index contributed by atoms with van der Waals surface area (Å²) in [6.45, 7) is 1.73. The Bertz CT molecular complexity index is 1110. The van der Waals surface area contributed by atoms with E-state index >= 15 is 0 Å². The van der Waals surface area contributed by atoms with Crippen LogP contribution in [0, 0.1) is 11.3 Å². The number of amides is 1. The summed E-state index contributed by atoms with van der Waals surface area (Å²) in [6, 6.07) is 19.0.